The highest BCUT2D eigenvalue weighted by molar-refractivity contribution is 5.66. The van der Waals surface area contributed by atoms with Crippen LogP contribution in [0.5, 0.6) is 0 Å². The number of rotatable bonds is 4. The summed E-state index contributed by atoms with van der Waals surface area (Å²) in [6.07, 6.45) is 3.10. The second-order valence-electron chi connectivity index (χ2n) is 1.50. The van der Waals surface area contributed by atoms with Gasteiger partial charge >= 0.3 is 0 Å². The molecule has 3 heteroatoms. The SMILES string of the molecule is COC/C=C/CC(=O)[O-]. The number of hydrogen-bond donors (Lipinski definition) is 0. The van der Waals surface area contributed by atoms with Gasteiger partial charge in [-0.15, -0.1) is 0 Å². The molecule has 0 heterocycles. The third-order valence-corrected chi connectivity index (χ3v) is 0.714. The van der Waals surface area contributed by atoms with Crippen molar-refractivity contribution < 1.29 is 14.6 Å². The van der Waals surface area contributed by atoms with Crippen molar-refractivity contribution in [3.63, 3.8) is 0 Å². The summed E-state index contributed by atoms with van der Waals surface area (Å²) in [5.41, 5.74) is 0. The van der Waals surface area contributed by atoms with E-state index in [2.05, 4.69) is 4.74 Å². The van der Waals surface area contributed by atoms with Crippen molar-refractivity contribution in [1.29, 1.82) is 0 Å². The average molecular weight is 129 g/mol. The summed E-state index contributed by atoms with van der Waals surface area (Å²) in [6.45, 7) is 0.452. The van der Waals surface area contributed by atoms with E-state index in [0.717, 1.165) is 0 Å². The molecule has 0 fully saturated rings. The second-order valence-corrected chi connectivity index (χ2v) is 1.50. The molecule has 0 saturated heterocycles. The molecule has 52 valence electrons. The topological polar surface area (TPSA) is 49.4 Å². The fourth-order valence-electron chi connectivity index (χ4n) is 0.344. The van der Waals surface area contributed by atoms with Gasteiger partial charge in [-0.05, 0) is 0 Å². The highest BCUT2D eigenvalue weighted by atomic mass is 16.5. The van der Waals surface area contributed by atoms with Crippen molar-refractivity contribution in [3.05, 3.63) is 12.2 Å². The van der Waals surface area contributed by atoms with Crippen LogP contribution < -0.4 is 5.11 Å². The Bertz CT molecular complexity index is 107. The second kappa shape index (κ2) is 5.31. The van der Waals surface area contributed by atoms with Crippen LogP contribution in [-0.2, 0) is 9.53 Å². The third kappa shape index (κ3) is 7.17. The van der Waals surface area contributed by atoms with Gasteiger partial charge in [0.1, 0.15) is 0 Å². The molecule has 0 aromatic heterocycles. The molecule has 0 aromatic rings. The van der Waals surface area contributed by atoms with Crippen LogP contribution in [0.1, 0.15) is 6.42 Å². The number of carbonyl (C=O) groups excluding carboxylic acids is 1. The normalized spacial score (nSPS) is 10.3. The predicted octanol–water partition coefficient (Wildman–Crippen LogP) is -0.671. The largest absolute Gasteiger partial charge is 0.550 e. The van der Waals surface area contributed by atoms with Crippen LogP contribution in [0.3, 0.4) is 0 Å². The Labute approximate surface area is 53.9 Å². The number of carbonyl (C=O) groups is 1. The Kier molecular flexibility index (Phi) is 4.82. The van der Waals surface area contributed by atoms with Crippen LogP contribution >= 0.6 is 0 Å². The van der Waals surface area contributed by atoms with E-state index in [0.29, 0.717) is 6.61 Å². The maximum atomic E-state index is 9.76. The fraction of sp³-hybridized carbons (Fsp3) is 0.500. The van der Waals surface area contributed by atoms with E-state index < -0.39 is 5.97 Å². The molecule has 0 saturated carbocycles. The molecule has 0 aromatic carbocycles. The van der Waals surface area contributed by atoms with Crippen molar-refractivity contribution in [2.75, 3.05) is 13.7 Å². The zero-order chi connectivity index (χ0) is 7.11. The lowest BCUT2D eigenvalue weighted by Crippen LogP contribution is -2.20. The number of carboxylic acid groups (broad SMARTS) is 1. The smallest absolute Gasteiger partial charge is 0.0643 e. The van der Waals surface area contributed by atoms with Gasteiger partial charge in [-0.2, -0.15) is 0 Å². The Hall–Kier alpha value is -0.830. The highest BCUT2D eigenvalue weighted by Crippen LogP contribution is 1.79. The molecule has 0 spiro atoms. The molecule has 0 amide bonds. The van der Waals surface area contributed by atoms with E-state index in [1.165, 1.54) is 6.08 Å². The molecule has 3 nitrogen and oxygen atoms in total. The first-order chi connectivity index (χ1) is 4.27. The number of carboxylic acids is 1. The van der Waals surface area contributed by atoms with E-state index in [9.17, 15) is 9.90 Å². The minimum Gasteiger partial charge on any atom is -0.550 e. The zero-order valence-corrected chi connectivity index (χ0v) is 5.29. The van der Waals surface area contributed by atoms with Crippen LogP contribution in [0.4, 0.5) is 0 Å². The van der Waals surface area contributed by atoms with Crippen molar-refractivity contribution in [1.82, 2.24) is 0 Å². The average Bonchev–Trinajstić information content (AvgIpc) is 1.80. The molecular formula is C6H9O3-. The lowest BCUT2D eigenvalue weighted by molar-refractivity contribution is -0.304. The van der Waals surface area contributed by atoms with E-state index in [1.807, 2.05) is 0 Å². The standard InChI is InChI=1S/C6H10O3/c1-9-5-3-2-4-6(7)8/h2-3H,4-5H2,1H3,(H,7,8)/p-1/b3-2+. The monoisotopic (exact) mass is 129 g/mol. The molecule has 9 heavy (non-hydrogen) atoms. The lowest BCUT2D eigenvalue weighted by Gasteiger charge is -1.92. The van der Waals surface area contributed by atoms with Gasteiger partial charge in [0.15, 0.2) is 0 Å². The maximum Gasteiger partial charge on any atom is 0.0643 e. The molecule has 0 atom stereocenters. The van der Waals surface area contributed by atoms with E-state index >= 15 is 0 Å². The van der Waals surface area contributed by atoms with Crippen LogP contribution in [0.15, 0.2) is 12.2 Å². The van der Waals surface area contributed by atoms with Crippen LogP contribution in [0.25, 0.3) is 0 Å². The van der Waals surface area contributed by atoms with Crippen LogP contribution in [0.2, 0.25) is 0 Å². The number of ether oxygens (including phenoxy) is 1. The summed E-state index contributed by atoms with van der Waals surface area (Å²) < 4.78 is 4.62. The quantitative estimate of drug-likeness (QED) is 0.473. The van der Waals surface area contributed by atoms with Gasteiger partial charge < -0.3 is 14.6 Å². The molecular weight excluding hydrogens is 120 g/mol. The van der Waals surface area contributed by atoms with Gasteiger partial charge in [-0.1, -0.05) is 12.2 Å². The molecule has 0 aliphatic heterocycles. The number of methoxy groups -OCH3 is 1. The Morgan fingerprint density at radius 2 is 2.33 bits per heavy atom. The van der Waals surface area contributed by atoms with Crippen molar-refractivity contribution >= 4 is 5.97 Å². The lowest BCUT2D eigenvalue weighted by atomic mass is 10.4. The van der Waals surface area contributed by atoms with Crippen LogP contribution in [-0.4, -0.2) is 19.7 Å². The van der Waals surface area contributed by atoms with Crippen molar-refractivity contribution in [2.24, 2.45) is 0 Å². The minimum atomic E-state index is -1.07. The van der Waals surface area contributed by atoms with Gasteiger partial charge in [0.2, 0.25) is 0 Å². The number of hydrogen-bond acceptors (Lipinski definition) is 3. The first-order valence-electron chi connectivity index (χ1n) is 2.61. The van der Waals surface area contributed by atoms with Crippen molar-refractivity contribution in [2.45, 2.75) is 6.42 Å². The third-order valence-electron chi connectivity index (χ3n) is 0.714. The molecule has 0 aliphatic carbocycles. The van der Waals surface area contributed by atoms with Crippen molar-refractivity contribution in [3.8, 4) is 0 Å². The molecule has 0 radical (unpaired) electrons. The van der Waals surface area contributed by atoms with Gasteiger partial charge in [0, 0.05) is 19.5 Å². The summed E-state index contributed by atoms with van der Waals surface area (Å²) >= 11 is 0. The Morgan fingerprint density at radius 3 is 2.78 bits per heavy atom. The zero-order valence-electron chi connectivity index (χ0n) is 5.29. The Balaban J connectivity index is 3.14. The molecule has 0 N–H and O–H groups in total. The first-order valence-corrected chi connectivity index (χ1v) is 2.61. The first kappa shape index (κ1) is 8.17. The summed E-state index contributed by atoms with van der Waals surface area (Å²) in [5.74, 6) is -1.07. The minimum absolute atomic E-state index is 0.0383. The van der Waals surface area contributed by atoms with Gasteiger partial charge in [0.05, 0.1) is 6.61 Å². The summed E-state index contributed by atoms with van der Waals surface area (Å²) in [7, 11) is 1.54. The summed E-state index contributed by atoms with van der Waals surface area (Å²) in [4.78, 5) is 9.76. The van der Waals surface area contributed by atoms with E-state index in [1.54, 1.807) is 13.2 Å². The van der Waals surface area contributed by atoms with Gasteiger partial charge in [-0.3, -0.25) is 0 Å². The summed E-state index contributed by atoms with van der Waals surface area (Å²) in [6, 6.07) is 0. The fourth-order valence-corrected chi connectivity index (χ4v) is 0.344. The van der Waals surface area contributed by atoms with E-state index in [4.69, 9.17) is 0 Å². The number of aliphatic carboxylic acids is 1. The van der Waals surface area contributed by atoms with Crippen LogP contribution in [0, 0.1) is 0 Å². The molecule has 0 rings (SSSR count). The van der Waals surface area contributed by atoms with E-state index in [-0.39, 0.29) is 6.42 Å². The Morgan fingerprint density at radius 1 is 1.67 bits per heavy atom. The molecule has 0 unspecified atom stereocenters. The molecule has 0 aliphatic rings. The van der Waals surface area contributed by atoms with Gasteiger partial charge in [0.25, 0.3) is 0 Å². The van der Waals surface area contributed by atoms with Gasteiger partial charge in [-0.25, -0.2) is 0 Å². The predicted molar refractivity (Wildman–Crippen MR) is 30.6 cm³/mol. The summed E-state index contributed by atoms with van der Waals surface area (Å²) in [5, 5.41) is 9.76. The highest BCUT2D eigenvalue weighted by Gasteiger charge is 1.76. The maximum absolute atomic E-state index is 9.76. The molecule has 0 bridgehead atoms.